The minimum absolute atomic E-state index is 0.111. The summed E-state index contributed by atoms with van der Waals surface area (Å²) in [6, 6.07) is 19.8. The summed E-state index contributed by atoms with van der Waals surface area (Å²) in [5, 5.41) is 0. The Balaban J connectivity index is 1.77. The Bertz CT molecular complexity index is 562. The van der Waals surface area contributed by atoms with Gasteiger partial charge in [0.1, 0.15) is 0 Å². The predicted octanol–water partition coefficient (Wildman–Crippen LogP) is 3.84. The second kappa shape index (κ2) is 6.42. The molecule has 0 aromatic heterocycles. The van der Waals surface area contributed by atoms with Gasteiger partial charge in [-0.2, -0.15) is 0 Å². The standard InChI is InChI=1S/C19H24N2/c1-21-14-6-5-9-18(21)19(20)17-12-10-16(11-13-17)15-7-3-2-4-8-15/h2-4,7-8,10-13,18-19H,5-6,9,14,20H2,1H3/t18-,19-/m0/s1. The summed E-state index contributed by atoms with van der Waals surface area (Å²) in [5.41, 5.74) is 10.3. The molecule has 2 aromatic carbocycles. The van der Waals surface area contributed by atoms with Crippen molar-refractivity contribution in [1.29, 1.82) is 0 Å². The molecule has 0 spiro atoms. The van der Waals surface area contributed by atoms with Crippen LogP contribution in [-0.2, 0) is 0 Å². The highest BCUT2D eigenvalue weighted by atomic mass is 15.1. The quantitative estimate of drug-likeness (QED) is 0.925. The van der Waals surface area contributed by atoms with Crippen molar-refractivity contribution in [3.05, 3.63) is 60.2 Å². The Labute approximate surface area is 127 Å². The van der Waals surface area contributed by atoms with E-state index < -0.39 is 0 Å². The summed E-state index contributed by atoms with van der Waals surface area (Å²) >= 11 is 0. The molecular weight excluding hydrogens is 256 g/mol. The highest BCUT2D eigenvalue weighted by molar-refractivity contribution is 5.63. The first-order chi connectivity index (χ1) is 10.3. The van der Waals surface area contributed by atoms with E-state index in [0.717, 1.165) is 0 Å². The zero-order chi connectivity index (χ0) is 14.7. The molecule has 0 bridgehead atoms. The molecule has 0 amide bonds. The Morgan fingerprint density at radius 2 is 1.62 bits per heavy atom. The van der Waals surface area contributed by atoms with E-state index in [9.17, 15) is 0 Å². The molecule has 0 saturated carbocycles. The molecule has 110 valence electrons. The third kappa shape index (κ3) is 3.17. The van der Waals surface area contributed by atoms with Gasteiger partial charge in [0, 0.05) is 12.1 Å². The lowest BCUT2D eigenvalue weighted by Gasteiger charge is -2.36. The Hall–Kier alpha value is -1.64. The number of nitrogens with two attached hydrogens (primary N) is 1. The van der Waals surface area contributed by atoms with Crippen LogP contribution in [0.15, 0.2) is 54.6 Å². The van der Waals surface area contributed by atoms with E-state index in [1.807, 2.05) is 6.07 Å². The number of piperidine rings is 1. The van der Waals surface area contributed by atoms with Crippen LogP contribution in [0, 0.1) is 0 Å². The van der Waals surface area contributed by atoms with Gasteiger partial charge >= 0.3 is 0 Å². The van der Waals surface area contributed by atoms with E-state index in [4.69, 9.17) is 5.73 Å². The molecule has 2 aromatic rings. The van der Waals surface area contributed by atoms with Gasteiger partial charge in [0.2, 0.25) is 0 Å². The van der Waals surface area contributed by atoms with Crippen molar-refractivity contribution in [3.63, 3.8) is 0 Å². The predicted molar refractivity (Wildman–Crippen MR) is 89.1 cm³/mol. The SMILES string of the molecule is CN1CCCC[C@H]1[C@@H](N)c1ccc(-c2ccccc2)cc1. The maximum Gasteiger partial charge on any atom is 0.0452 e. The fourth-order valence-electron chi connectivity index (χ4n) is 3.31. The number of nitrogens with zero attached hydrogens (tertiary/aromatic N) is 1. The number of hydrogen-bond donors (Lipinski definition) is 1. The molecule has 1 aliphatic rings. The molecular formula is C19H24N2. The number of benzene rings is 2. The molecule has 3 rings (SSSR count). The zero-order valence-corrected chi connectivity index (χ0v) is 12.7. The van der Waals surface area contributed by atoms with Crippen LogP contribution in [0.3, 0.4) is 0 Å². The minimum Gasteiger partial charge on any atom is -0.323 e. The maximum atomic E-state index is 6.51. The average Bonchev–Trinajstić information content (AvgIpc) is 2.56. The van der Waals surface area contributed by atoms with Gasteiger partial charge in [-0.05, 0) is 43.1 Å². The molecule has 1 fully saturated rings. The van der Waals surface area contributed by atoms with Crippen LogP contribution >= 0.6 is 0 Å². The second-order valence-electron chi connectivity index (χ2n) is 6.06. The van der Waals surface area contributed by atoms with Crippen LogP contribution in [0.5, 0.6) is 0 Å². The molecule has 2 N–H and O–H groups in total. The molecule has 0 aliphatic carbocycles. The average molecular weight is 280 g/mol. The number of likely N-dealkylation sites (N-methyl/N-ethyl adjacent to an activating group) is 1. The van der Waals surface area contributed by atoms with E-state index in [-0.39, 0.29) is 6.04 Å². The van der Waals surface area contributed by atoms with Crippen LogP contribution in [0.1, 0.15) is 30.9 Å². The molecule has 0 radical (unpaired) electrons. The second-order valence-corrected chi connectivity index (χ2v) is 6.06. The first-order valence-electron chi connectivity index (χ1n) is 7.87. The smallest absolute Gasteiger partial charge is 0.0452 e. The van der Waals surface area contributed by atoms with Gasteiger partial charge in [0.25, 0.3) is 0 Å². The lowest BCUT2D eigenvalue weighted by atomic mass is 9.91. The van der Waals surface area contributed by atoms with E-state index >= 15 is 0 Å². The first kappa shape index (κ1) is 14.3. The lowest BCUT2D eigenvalue weighted by Crippen LogP contribution is -2.43. The van der Waals surface area contributed by atoms with Gasteiger partial charge in [-0.15, -0.1) is 0 Å². The molecule has 1 heterocycles. The van der Waals surface area contributed by atoms with E-state index in [2.05, 4.69) is 60.5 Å². The molecule has 0 unspecified atom stereocenters. The van der Waals surface area contributed by atoms with Crippen LogP contribution < -0.4 is 5.73 Å². The largest absolute Gasteiger partial charge is 0.323 e. The van der Waals surface area contributed by atoms with E-state index in [1.165, 1.54) is 42.5 Å². The molecule has 1 saturated heterocycles. The summed E-state index contributed by atoms with van der Waals surface area (Å²) < 4.78 is 0. The van der Waals surface area contributed by atoms with Gasteiger partial charge in [0.05, 0.1) is 0 Å². The highest BCUT2D eigenvalue weighted by Crippen LogP contribution is 2.27. The van der Waals surface area contributed by atoms with Crippen LogP contribution in [0.25, 0.3) is 11.1 Å². The van der Waals surface area contributed by atoms with Crippen molar-refractivity contribution >= 4 is 0 Å². The number of rotatable bonds is 3. The summed E-state index contributed by atoms with van der Waals surface area (Å²) in [6.07, 6.45) is 3.80. The van der Waals surface area contributed by atoms with Gasteiger partial charge in [-0.1, -0.05) is 61.0 Å². The van der Waals surface area contributed by atoms with E-state index in [1.54, 1.807) is 0 Å². The van der Waals surface area contributed by atoms with Crippen LogP contribution in [0.2, 0.25) is 0 Å². The number of hydrogen-bond acceptors (Lipinski definition) is 2. The summed E-state index contributed by atoms with van der Waals surface area (Å²) in [5.74, 6) is 0. The fraction of sp³-hybridized carbons (Fsp3) is 0.368. The molecule has 2 nitrogen and oxygen atoms in total. The monoisotopic (exact) mass is 280 g/mol. The topological polar surface area (TPSA) is 29.3 Å². The van der Waals surface area contributed by atoms with Gasteiger partial charge < -0.3 is 10.6 Å². The van der Waals surface area contributed by atoms with Gasteiger partial charge in [0.15, 0.2) is 0 Å². The Kier molecular flexibility index (Phi) is 4.37. The molecule has 21 heavy (non-hydrogen) atoms. The molecule has 2 heteroatoms. The highest BCUT2D eigenvalue weighted by Gasteiger charge is 2.25. The van der Waals surface area contributed by atoms with Crippen molar-refractivity contribution in [2.75, 3.05) is 13.6 Å². The Morgan fingerprint density at radius 1 is 0.952 bits per heavy atom. The number of likely N-dealkylation sites (tertiary alicyclic amines) is 1. The first-order valence-corrected chi connectivity index (χ1v) is 7.87. The van der Waals surface area contributed by atoms with Crippen molar-refractivity contribution < 1.29 is 0 Å². The van der Waals surface area contributed by atoms with Gasteiger partial charge in [-0.3, -0.25) is 0 Å². The third-order valence-corrected chi connectivity index (χ3v) is 4.64. The minimum atomic E-state index is 0.111. The summed E-state index contributed by atoms with van der Waals surface area (Å²) in [6.45, 7) is 1.17. The van der Waals surface area contributed by atoms with Crippen molar-refractivity contribution in [2.24, 2.45) is 5.73 Å². The van der Waals surface area contributed by atoms with E-state index in [0.29, 0.717) is 6.04 Å². The van der Waals surface area contributed by atoms with Crippen molar-refractivity contribution in [1.82, 2.24) is 4.90 Å². The summed E-state index contributed by atoms with van der Waals surface area (Å²) in [7, 11) is 2.20. The molecule has 2 atom stereocenters. The van der Waals surface area contributed by atoms with Crippen LogP contribution in [0.4, 0.5) is 0 Å². The Morgan fingerprint density at radius 3 is 2.29 bits per heavy atom. The molecule has 1 aliphatic heterocycles. The maximum absolute atomic E-state index is 6.51. The van der Waals surface area contributed by atoms with Crippen molar-refractivity contribution in [3.8, 4) is 11.1 Å². The third-order valence-electron chi connectivity index (χ3n) is 4.64. The van der Waals surface area contributed by atoms with Crippen molar-refractivity contribution in [2.45, 2.75) is 31.3 Å². The summed E-state index contributed by atoms with van der Waals surface area (Å²) in [4.78, 5) is 2.42. The fourth-order valence-corrected chi connectivity index (χ4v) is 3.31. The zero-order valence-electron chi connectivity index (χ0n) is 12.7. The normalized spacial score (nSPS) is 21.1. The van der Waals surface area contributed by atoms with Crippen LogP contribution in [-0.4, -0.2) is 24.5 Å². The lowest BCUT2D eigenvalue weighted by molar-refractivity contribution is 0.160. The van der Waals surface area contributed by atoms with Gasteiger partial charge in [-0.25, -0.2) is 0 Å².